The molecule has 0 aromatic carbocycles. The number of carboxylic acid groups (broad SMARTS) is 1. The molecule has 98 valence electrons. The summed E-state index contributed by atoms with van der Waals surface area (Å²) in [4.78, 5) is 25.3. The number of carboxylic acids is 1. The van der Waals surface area contributed by atoms with Crippen LogP contribution in [-0.2, 0) is 9.59 Å². The van der Waals surface area contributed by atoms with Crippen LogP contribution in [0.4, 0.5) is 0 Å². The van der Waals surface area contributed by atoms with E-state index in [1.807, 2.05) is 0 Å². The Kier molecular flexibility index (Phi) is 5.08. The van der Waals surface area contributed by atoms with Crippen LogP contribution in [0.25, 0.3) is 0 Å². The van der Waals surface area contributed by atoms with Crippen LogP contribution < -0.4 is 5.32 Å². The average molecular weight is 242 g/mol. The highest BCUT2D eigenvalue weighted by molar-refractivity contribution is 6.01. The summed E-state index contributed by atoms with van der Waals surface area (Å²) in [5, 5.41) is 12.5. The van der Waals surface area contributed by atoms with E-state index in [1.54, 1.807) is 25.9 Å². The number of nitrogens with one attached hydrogen (secondary N) is 1. The van der Waals surface area contributed by atoms with Crippen LogP contribution in [0.3, 0.4) is 0 Å². The summed E-state index contributed by atoms with van der Waals surface area (Å²) < 4.78 is 0. The van der Waals surface area contributed by atoms with Crippen LogP contribution in [0, 0.1) is 11.8 Å². The molecule has 0 amide bonds. The average Bonchev–Trinajstić information content (AvgIpc) is 2.28. The molecule has 5 nitrogen and oxygen atoms in total. The van der Waals surface area contributed by atoms with Crippen LogP contribution in [0.15, 0.2) is 0 Å². The normalized spacial score (nSPS) is 21.2. The van der Waals surface area contributed by atoms with E-state index < -0.39 is 11.9 Å². The smallest absolute Gasteiger partial charge is 0.314 e. The van der Waals surface area contributed by atoms with Crippen LogP contribution in [0.1, 0.15) is 19.8 Å². The van der Waals surface area contributed by atoms with Crippen LogP contribution >= 0.6 is 0 Å². The molecule has 2 N–H and O–H groups in total. The number of hydrogen-bond donors (Lipinski definition) is 2. The number of likely N-dealkylation sites (N-methyl/N-ethyl adjacent to an activating group) is 1. The Morgan fingerprint density at radius 3 is 2.24 bits per heavy atom. The third-order valence-electron chi connectivity index (χ3n) is 3.61. The first-order valence-electron chi connectivity index (χ1n) is 6.08. The molecule has 0 saturated carbocycles. The monoisotopic (exact) mass is 242 g/mol. The fraction of sp³-hybridized carbons (Fsp3) is 0.833. The number of carbonyl (C=O) groups is 2. The first-order valence-corrected chi connectivity index (χ1v) is 6.08. The largest absolute Gasteiger partial charge is 0.481 e. The van der Waals surface area contributed by atoms with Crippen molar-refractivity contribution in [2.75, 3.05) is 27.2 Å². The minimum Gasteiger partial charge on any atom is -0.481 e. The molecule has 1 saturated heterocycles. The minimum absolute atomic E-state index is 0.0244. The van der Waals surface area contributed by atoms with Crippen molar-refractivity contribution in [1.82, 2.24) is 10.2 Å². The SMILES string of the molecule is C[C@@H](C(=O)C(C(=O)O)C1CCNCC1)N(C)C. The van der Waals surface area contributed by atoms with E-state index in [9.17, 15) is 14.7 Å². The van der Waals surface area contributed by atoms with Gasteiger partial charge in [0.15, 0.2) is 5.78 Å². The molecule has 0 spiro atoms. The highest BCUT2D eigenvalue weighted by Crippen LogP contribution is 2.24. The predicted molar refractivity (Wildman–Crippen MR) is 64.9 cm³/mol. The minimum atomic E-state index is -0.976. The van der Waals surface area contributed by atoms with Gasteiger partial charge < -0.3 is 10.4 Å². The molecule has 1 heterocycles. The summed E-state index contributed by atoms with van der Waals surface area (Å²) in [6, 6.07) is -0.342. The number of ketones is 1. The summed E-state index contributed by atoms with van der Waals surface area (Å²) >= 11 is 0. The lowest BCUT2D eigenvalue weighted by atomic mass is 9.80. The second kappa shape index (κ2) is 6.12. The lowest BCUT2D eigenvalue weighted by Gasteiger charge is -2.30. The summed E-state index contributed by atoms with van der Waals surface area (Å²) in [7, 11) is 3.59. The fourth-order valence-corrected chi connectivity index (χ4v) is 2.25. The van der Waals surface area contributed by atoms with Crippen molar-refractivity contribution in [2.45, 2.75) is 25.8 Å². The predicted octanol–water partition coefficient (Wildman–Crippen LogP) is 0.206. The maximum absolute atomic E-state index is 12.2. The van der Waals surface area contributed by atoms with E-state index in [1.165, 1.54) is 0 Å². The number of hydrogen-bond acceptors (Lipinski definition) is 4. The zero-order valence-electron chi connectivity index (χ0n) is 10.8. The zero-order chi connectivity index (χ0) is 13.0. The molecule has 1 rings (SSSR count). The number of aliphatic carboxylic acids is 1. The van der Waals surface area contributed by atoms with Gasteiger partial charge in [-0.1, -0.05) is 0 Å². The van der Waals surface area contributed by atoms with Gasteiger partial charge in [-0.25, -0.2) is 0 Å². The molecule has 0 aliphatic carbocycles. The van der Waals surface area contributed by atoms with E-state index in [-0.39, 0.29) is 17.7 Å². The van der Waals surface area contributed by atoms with Gasteiger partial charge in [0.1, 0.15) is 5.92 Å². The molecule has 0 bridgehead atoms. The molecule has 1 aliphatic heterocycles. The number of piperidine rings is 1. The topological polar surface area (TPSA) is 69.6 Å². The van der Waals surface area contributed by atoms with E-state index in [0.29, 0.717) is 0 Å². The molecular weight excluding hydrogens is 220 g/mol. The van der Waals surface area contributed by atoms with Crippen molar-refractivity contribution in [2.24, 2.45) is 11.8 Å². The lowest BCUT2D eigenvalue weighted by molar-refractivity contribution is -0.150. The highest BCUT2D eigenvalue weighted by atomic mass is 16.4. The summed E-state index contributed by atoms with van der Waals surface area (Å²) in [5.41, 5.74) is 0. The van der Waals surface area contributed by atoms with Gasteiger partial charge in [-0.2, -0.15) is 0 Å². The summed E-state index contributed by atoms with van der Waals surface area (Å²) in [5.74, 6) is -2.02. The van der Waals surface area contributed by atoms with Crippen LogP contribution in [-0.4, -0.2) is 55.0 Å². The molecule has 5 heteroatoms. The van der Waals surface area contributed by atoms with Gasteiger partial charge in [0.25, 0.3) is 0 Å². The molecule has 17 heavy (non-hydrogen) atoms. The second-order valence-corrected chi connectivity index (χ2v) is 4.95. The zero-order valence-corrected chi connectivity index (χ0v) is 10.8. The van der Waals surface area contributed by atoms with Gasteiger partial charge in [-0.3, -0.25) is 14.5 Å². The first-order chi connectivity index (χ1) is 7.95. The van der Waals surface area contributed by atoms with Crippen molar-refractivity contribution in [3.05, 3.63) is 0 Å². The maximum atomic E-state index is 12.2. The van der Waals surface area contributed by atoms with Gasteiger partial charge in [-0.05, 0) is 52.9 Å². The summed E-state index contributed by atoms with van der Waals surface area (Å²) in [6.07, 6.45) is 1.53. The standard InChI is InChI=1S/C12H22N2O3/c1-8(14(2)3)11(15)10(12(16)17)9-4-6-13-7-5-9/h8-10,13H,4-7H2,1-3H3,(H,16,17)/t8-,10?/m0/s1. The molecule has 0 radical (unpaired) electrons. The fourth-order valence-electron chi connectivity index (χ4n) is 2.25. The molecule has 0 aromatic heterocycles. The molecule has 1 fully saturated rings. The number of Topliss-reactive ketones (excluding diaryl/α,β-unsaturated/α-hetero) is 1. The third kappa shape index (κ3) is 3.51. The number of rotatable bonds is 5. The van der Waals surface area contributed by atoms with Crippen molar-refractivity contribution >= 4 is 11.8 Å². The third-order valence-corrected chi connectivity index (χ3v) is 3.61. The van der Waals surface area contributed by atoms with Gasteiger partial charge in [-0.15, -0.1) is 0 Å². The maximum Gasteiger partial charge on any atom is 0.314 e. The van der Waals surface area contributed by atoms with Crippen molar-refractivity contribution in [3.63, 3.8) is 0 Å². The Bertz CT molecular complexity index is 285. The molecule has 1 aliphatic rings. The van der Waals surface area contributed by atoms with E-state index in [4.69, 9.17) is 0 Å². The Hall–Kier alpha value is -0.940. The Morgan fingerprint density at radius 1 is 1.29 bits per heavy atom. The van der Waals surface area contributed by atoms with Gasteiger partial charge in [0, 0.05) is 0 Å². The van der Waals surface area contributed by atoms with Gasteiger partial charge in [0.2, 0.25) is 0 Å². The van der Waals surface area contributed by atoms with Crippen molar-refractivity contribution in [3.8, 4) is 0 Å². The Labute approximate surface area is 102 Å². The number of carbonyl (C=O) groups excluding carboxylic acids is 1. The Morgan fingerprint density at radius 2 is 1.82 bits per heavy atom. The van der Waals surface area contributed by atoms with Crippen LogP contribution in [0.2, 0.25) is 0 Å². The molecule has 1 unspecified atom stereocenters. The molecule has 0 aromatic rings. The van der Waals surface area contributed by atoms with Gasteiger partial charge in [0.05, 0.1) is 6.04 Å². The molecular formula is C12H22N2O3. The quantitative estimate of drug-likeness (QED) is 0.674. The second-order valence-electron chi connectivity index (χ2n) is 4.95. The van der Waals surface area contributed by atoms with Crippen molar-refractivity contribution in [1.29, 1.82) is 0 Å². The van der Waals surface area contributed by atoms with Gasteiger partial charge >= 0.3 is 5.97 Å². The Balaban J connectivity index is 2.77. The lowest BCUT2D eigenvalue weighted by Crippen LogP contribution is -2.45. The highest BCUT2D eigenvalue weighted by Gasteiger charge is 2.37. The van der Waals surface area contributed by atoms with E-state index in [0.717, 1.165) is 25.9 Å². The number of nitrogens with zero attached hydrogens (tertiary/aromatic N) is 1. The van der Waals surface area contributed by atoms with E-state index in [2.05, 4.69) is 5.32 Å². The van der Waals surface area contributed by atoms with E-state index >= 15 is 0 Å². The van der Waals surface area contributed by atoms with Crippen molar-refractivity contribution < 1.29 is 14.7 Å². The summed E-state index contributed by atoms with van der Waals surface area (Å²) in [6.45, 7) is 3.37. The molecule has 2 atom stereocenters. The van der Waals surface area contributed by atoms with Crippen LogP contribution in [0.5, 0.6) is 0 Å². The first kappa shape index (κ1) is 14.1.